The molecule has 0 aliphatic carbocycles. The van der Waals surface area contributed by atoms with Gasteiger partial charge in [0.25, 0.3) is 5.56 Å². The Hall–Kier alpha value is -3.79. The Morgan fingerprint density at radius 3 is 2.61 bits per heavy atom. The molecule has 0 spiro atoms. The summed E-state index contributed by atoms with van der Waals surface area (Å²) < 4.78 is 1.64. The van der Waals surface area contributed by atoms with Crippen LogP contribution >= 0.6 is 0 Å². The minimum atomic E-state index is -0.0523. The summed E-state index contributed by atoms with van der Waals surface area (Å²) in [5.41, 5.74) is 3.92. The molecule has 0 N–H and O–H groups in total. The zero-order valence-corrected chi connectivity index (χ0v) is 15.1. The van der Waals surface area contributed by atoms with Crippen LogP contribution in [0.5, 0.6) is 0 Å². The van der Waals surface area contributed by atoms with Crippen LogP contribution < -0.4 is 5.56 Å². The molecule has 2 heterocycles. The van der Waals surface area contributed by atoms with Crippen molar-refractivity contribution in [1.29, 1.82) is 0 Å². The Morgan fingerprint density at radius 1 is 0.821 bits per heavy atom. The van der Waals surface area contributed by atoms with E-state index in [0.29, 0.717) is 17.4 Å². The summed E-state index contributed by atoms with van der Waals surface area (Å²) >= 11 is 0. The van der Waals surface area contributed by atoms with E-state index in [1.165, 1.54) is 10.8 Å². The number of nitrogens with zero attached hydrogens (tertiary/aromatic N) is 3. The second-order valence-electron chi connectivity index (χ2n) is 6.83. The summed E-state index contributed by atoms with van der Waals surface area (Å²) in [4.78, 5) is 21.1. The highest BCUT2D eigenvalue weighted by Gasteiger charge is 2.06. The molecule has 134 valence electrons. The van der Waals surface area contributed by atoms with Crippen LogP contribution in [0.4, 0.5) is 0 Å². The van der Waals surface area contributed by atoms with Crippen molar-refractivity contribution in [3.05, 3.63) is 107 Å². The van der Waals surface area contributed by atoms with E-state index in [1.807, 2.05) is 18.2 Å². The topological polar surface area (TPSA) is 47.8 Å². The van der Waals surface area contributed by atoms with Gasteiger partial charge in [0, 0.05) is 6.20 Å². The van der Waals surface area contributed by atoms with Crippen molar-refractivity contribution in [2.75, 3.05) is 0 Å². The van der Waals surface area contributed by atoms with E-state index in [0.717, 1.165) is 16.7 Å². The molecule has 0 aliphatic heterocycles. The Labute approximate surface area is 161 Å². The predicted octanol–water partition coefficient (Wildman–Crippen LogP) is 4.66. The molecular formula is C24H17N3O. The van der Waals surface area contributed by atoms with Crippen molar-refractivity contribution in [3.63, 3.8) is 0 Å². The number of benzene rings is 3. The molecule has 0 amide bonds. The van der Waals surface area contributed by atoms with Gasteiger partial charge in [-0.3, -0.25) is 14.3 Å². The van der Waals surface area contributed by atoms with E-state index in [9.17, 15) is 4.79 Å². The largest absolute Gasteiger partial charge is 0.294 e. The van der Waals surface area contributed by atoms with Gasteiger partial charge in [0.1, 0.15) is 0 Å². The van der Waals surface area contributed by atoms with Crippen LogP contribution in [0, 0.1) is 0 Å². The Kier molecular flexibility index (Phi) is 3.95. The second-order valence-corrected chi connectivity index (χ2v) is 6.83. The number of pyridine rings is 1. The molecule has 2 aromatic heterocycles. The SMILES string of the molecule is O=c1c2ccncc2ncn1Cc1cccc(-c2ccc3ccccc3c2)c1. The number of hydrogen-bond acceptors (Lipinski definition) is 3. The smallest absolute Gasteiger partial charge is 0.261 e. The Morgan fingerprint density at radius 2 is 1.68 bits per heavy atom. The summed E-state index contributed by atoms with van der Waals surface area (Å²) in [6, 6.07) is 24.8. The Bertz CT molecular complexity index is 1370. The van der Waals surface area contributed by atoms with Crippen LogP contribution in [0.25, 0.3) is 32.8 Å². The van der Waals surface area contributed by atoms with Crippen molar-refractivity contribution in [3.8, 4) is 11.1 Å². The van der Waals surface area contributed by atoms with Crippen molar-refractivity contribution < 1.29 is 0 Å². The molecule has 4 heteroatoms. The Balaban J connectivity index is 1.52. The molecule has 0 aliphatic rings. The number of fused-ring (bicyclic) bond motifs is 2. The molecule has 0 atom stereocenters. The molecule has 0 radical (unpaired) electrons. The van der Waals surface area contributed by atoms with Crippen LogP contribution in [0.2, 0.25) is 0 Å². The molecule has 0 bridgehead atoms. The molecule has 0 saturated heterocycles. The van der Waals surface area contributed by atoms with Crippen molar-refractivity contribution in [2.45, 2.75) is 6.54 Å². The van der Waals surface area contributed by atoms with Crippen molar-refractivity contribution in [2.24, 2.45) is 0 Å². The quantitative estimate of drug-likeness (QED) is 0.468. The summed E-state index contributed by atoms with van der Waals surface area (Å²) in [6.45, 7) is 0.478. The van der Waals surface area contributed by atoms with Crippen LogP contribution in [0.15, 0.2) is 96.3 Å². The van der Waals surface area contributed by atoms with Crippen LogP contribution in [0.1, 0.15) is 5.56 Å². The molecule has 5 rings (SSSR count). The summed E-state index contributed by atoms with van der Waals surface area (Å²) in [5, 5.41) is 3.03. The third kappa shape index (κ3) is 2.95. The average Bonchev–Trinajstić information content (AvgIpc) is 2.76. The van der Waals surface area contributed by atoms with Crippen LogP contribution in [-0.2, 0) is 6.54 Å². The maximum Gasteiger partial charge on any atom is 0.261 e. The molecule has 4 nitrogen and oxygen atoms in total. The lowest BCUT2D eigenvalue weighted by molar-refractivity contribution is 0.748. The van der Waals surface area contributed by atoms with E-state index in [4.69, 9.17) is 0 Å². The van der Waals surface area contributed by atoms with E-state index in [1.54, 1.807) is 29.4 Å². The van der Waals surface area contributed by atoms with E-state index in [-0.39, 0.29) is 5.56 Å². The highest BCUT2D eigenvalue weighted by molar-refractivity contribution is 5.87. The first-order valence-corrected chi connectivity index (χ1v) is 9.15. The van der Waals surface area contributed by atoms with Gasteiger partial charge in [-0.25, -0.2) is 4.98 Å². The minimum Gasteiger partial charge on any atom is -0.294 e. The maximum atomic E-state index is 12.7. The first-order chi connectivity index (χ1) is 13.8. The molecule has 5 aromatic rings. The van der Waals surface area contributed by atoms with Crippen LogP contribution in [0.3, 0.4) is 0 Å². The van der Waals surface area contributed by atoms with Gasteiger partial charge in [0.05, 0.1) is 30.0 Å². The van der Waals surface area contributed by atoms with E-state index in [2.05, 4.69) is 58.5 Å². The van der Waals surface area contributed by atoms with E-state index >= 15 is 0 Å². The zero-order valence-electron chi connectivity index (χ0n) is 15.1. The maximum absolute atomic E-state index is 12.7. The normalized spacial score (nSPS) is 11.1. The monoisotopic (exact) mass is 363 g/mol. The fraction of sp³-hybridized carbons (Fsp3) is 0.0417. The van der Waals surface area contributed by atoms with Gasteiger partial charge >= 0.3 is 0 Å². The fourth-order valence-corrected chi connectivity index (χ4v) is 3.54. The number of hydrogen-bond donors (Lipinski definition) is 0. The third-order valence-corrected chi connectivity index (χ3v) is 4.99. The lowest BCUT2D eigenvalue weighted by atomic mass is 10.00. The molecule has 3 aromatic carbocycles. The predicted molar refractivity (Wildman–Crippen MR) is 112 cm³/mol. The third-order valence-electron chi connectivity index (χ3n) is 4.99. The van der Waals surface area contributed by atoms with Crippen molar-refractivity contribution in [1.82, 2.24) is 14.5 Å². The molecule has 28 heavy (non-hydrogen) atoms. The highest BCUT2D eigenvalue weighted by atomic mass is 16.1. The van der Waals surface area contributed by atoms with E-state index < -0.39 is 0 Å². The van der Waals surface area contributed by atoms with Crippen molar-refractivity contribution >= 4 is 21.7 Å². The zero-order chi connectivity index (χ0) is 18.9. The summed E-state index contributed by atoms with van der Waals surface area (Å²) in [5.74, 6) is 0. The first-order valence-electron chi connectivity index (χ1n) is 9.15. The molecular weight excluding hydrogens is 346 g/mol. The molecule has 0 unspecified atom stereocenters. The second kappa shape index (κ2) is 6.74. The molecule has 0 fully saturated rings. The molecule has 0 saturated carbocycles. The lowest BCUT2D eigenvalue weighted by Crippen LogP contribution is -2.21. The number of aromatic nitrogens is 3. The van der Waals surface area contributed by atoms with Gasteiger partial charge in [-0.15, -0.1) is 0 Å². The highest BCUT2D eigenvalue weighted by Crippen LogP contribution is 2.25. The van der Waals surface area contributed by atoms with Gasteiger partial charge in [-0.2, -0.15) is 0 Å². The van der Waals surface area contributed by atoms with Crippen LogP contribution in [-0.4, -0.2) is 14.5 Å². The van der Waals surface area contributed by atoms with Gasteiger partial charge in [-0.05, 0) is 45.7 Å². The number of rotatable bonds is 3. The average molecular weight is 363 g/mol. The fourth-order valence-electron chi connectivity index (χ4n) is 3.54. The summed E-state index contributed by atoms with van der Waals surface area (Å²) in [7, 11) is 0. The van der Waals surface area contributed by atoms with Gasteiger partial charge in [0.2, 0.25) is 0 Å². The minimum absolute atomic E-state index is 0.0523. The van der Waals surface area contributed by atoms with Gasteiger partial charge in [-0.1, -0.05) is 54.6 Å². The van der Waals surface area contributed by atoms with Gasteiger partial charge < -0.3 is 0 Å². The lowest BCUT2D eigenvalue weighted by Gasteiger charge is -2.09. The van der Waals surface area contributed by atoms with Gasteiger partial charge in [0.15, 0.2) is 0 Å². The standard InChI is InChI=1S/C24H17N3O/c28-24-22-10-11-25-14-23(22)26-16-27(24)15-17-4-3-7-19(12-17)21-9-8-18-5-1-2-6-20(18)13-21/h1-14,16H,15H2. The summed E-state index contributed by atoms with van der Waals surface area (Å²) in [6.07, 6.45) is 4.83. The first kappa shape index (κ1) is 16.4.